The standard InChI is InChI=1S/C51H47N9.C2H6/c1-5-36(34(3)56-32-57-35(4)52)28-46-42-20-10-11-21-47(42)60(50(46)53)41-19-13-18-40(29-41)59-48-26-33(2)44(30-45(48)43-22-23-54-31-49(43)59)37-14-12-15-38(27-37)51-55-24-25-58(51)39-16-8-6-7-9-17-39;1-2/h6-8,10-32,35H,3,5,9,52-53H2,1-2,4H3,(H,56,57);1-2H3/b36-28+;. The molecule has 9 rings (SSSR count). The molecule has 0 bridgehead atoms. The van der Waals surface area contributed by atoms with Crippen molar-refractivity contribution in [2.75, 3.05) is 5.73 Å². The van der Waals surface area contributed by atoms with E-state index in [4.69, 9.17) is 16.5 Å². The topological polar surface area (TPSA) is 117 Å². The lowest BCUT2D eigenvalue weighted by molar-refractivity contribution is 0.707. The summed E-state index contributed by atoms with van der Waals surface area (Å²) in [7, 11) is 0. The fraction of sp³-hybridized carbons (Fsp3) is 0.151. The van der Waals surface area contributed by atoms with Crippen molar-refractivity contribution in [3.05, 3.63) is 175 Å². The first-order valence-corrected chi connectivity index (χ1v) is 21.3. The van der Waals surface area contributed by atoms with Gasteiger partial charge in [-0.05, 0) is 110 Å². The number of nitrogens with one attached hydrogen (secondary N) is 1. The molecule has 4 aromatic heterocycles. The molecule has 0 radical (unpaired) electrons. The lowest BCUT2D eigenvalue weighted by Gasteiger charge is -2.14. The van der Waals surface area contributed by atoms with E-state index in [9.17, 15) is 0 Å². The van der Waals surface area contributed by atoms with E-state index in [-0.39, 0.29) is 6.17 Å². The van der Waals surface area contributed by atoms with Crippen molar-refractivity contribution >= 4 is 56.6 Å². The van der Waals surface area contributed by atoms with Gasteiger partial charge >= 0.3 is 0 Å². The van der Waals surface area contributed by atoms with Crippen LogP contribution in [0, 0.1) is 6.92 Å². The summed E-state index contributed by atoms with van der Waals surface area (Å²) in [5.74, 6) is 1.55. The van der Waals surface area contributed by atoms with E-state index < -0.39 is 0 Å². The van der Waals surface area contributed by atoms with E-state index in [1.165, 1.54) is 11.1 Å². The number of aromatic nitrogens is 5. The van der Waals surface area contributed by atoms with Crippen LogP contribution in [0.15, 0.2) is 169 Å². The maximum Gasteiger partial charge on any atom is 0.144 e. The predicted octanol–water partition coefficient (Wildman–Crippen LogP) is 12.2. The number of imidazole rings is 1. The highest BCUT2D eigenvalue weighted by atomic mass is 15.1. The molecule has 9 heteroatoms. The maximum absolute atomic E-state index is 7.12. The number of nitrogens with two attached hydrogens (primary N) is 2. The molecular formula is C53H53N9. The molecule has 0 amide bonds. The van der Waals surface area contributed by atoms with Crippen molar-refractivity contribution < 1.29 is 0 Å². The van der Waals surface area contributed by atoms with E-state index in [0.29, 0.717) is 11.5 Å². The number of hydrogen-bond donors (Lipinski definition) is 3. The Morgan fingerprint density at radius 2 is 1.66 bits per heavy atom. The zero-order valence-electron chi connectivity index (χ0n) is 36.0. The number of fused-ring (bicyclic) bond motifs is 4. The third kappa shape index (κ3) is 7.82. The molecule has 4 heterocycles. The minimum Gasteiger partial charge on any atom is -0.384 e. The Balaban J connectivity index is 0.00000261. The molecule has 62 heavy (non-hydrogen) atoms. The summed E-state index contributed by atoms with van der Waals surface area (Å²) < 4.78 is 6.60. The molecule has 0 aliphatic heterocycles. The molecule has 9 nitrogen and oxygen atoms in total. The molecule has 0 saturated heterocycles. The summed E-state index contributed by atoms with van der Waals surface area (Å²) in [6.45, 7) is 14.4. The minimum atomic E-state index is -0.212. The smallest absolute Gasteiger partial charge is 0.144 e. The molecule has 1 unspecified atom stereocenters. The third-order valence-corrected chi connectivity index (χ3v) is 11.2. The van der Waals surface area contributed by atoms with Gasteiger partial charge in [0.2, 0.25) is 0 Å². The first kappa shape index (κ1) is 41.3. The van der Waals surface area contributed by atoms with Gasteiger partial charge in [-0.15, -0.1) is 0 Å². The van der Waals surface area contributed by atoms with Crippen LogP contribution in [0.5, 0.6) is 0 Å². The van der Waals surface area contributed by atoms with Crippen LogP contribution in [0.2, 0.25) is 0 Å². The van der Waals surface area contributed by atoms with Crippen molar-refractivity contribution in [3.63, 3.8) is 0 Å². The number of benzene rings is 4. The second-order valence-electron chi connectivity index (χ2n) is 15.1. The van der Waals surface area contributed by atoms with Gasteiger partial charge in [0.05, 0.1) is 40.9 Å². The first-order valence-electron chi connectivity index (χ1n) is 21.3. The molecule has 1 aliphatic rings. The Labute approximate surface area is 363 Å². The van der Waals surface area contributed by atoms with Crippen molar-refractivity contribution in [2.24, 2.45) is 10.7 Å². The van der Waals surface area contributed by atoms with Gasteiger partial charge < -0.3 is 25.9 Å². The van der Waals surface area contributed by atoms with E-state index in [1.54, 1.807) is 6.34 Å². The average molecular weight is 816 g/mol. The number of hydrogen-bond acceptors (Lipinski definition) is 5. The summed E-state index contributed by atoms with van der Waals surface area (Å²) >= 11 is 0. The maximum atomic E-state index is 7.12. The normalized spacial score (nSPS) is 13.4. The van der Waals surface area contributed by atoms with Crippen molar-refractivity contribution in [2.45, 2.75) is 53.6 Å². The van der Waals surface area contributed by atoms with E-state index in [2.05, 4.69) is 165 Å². The van der Waals surface area contributed by atoms with Crippen molar-refractivity contribution in [1.29, 1.82) is 0 Å². The first-order chi connectivity index (χ1) is 30.3. The number of rotatable bonds is 11. The largest absolute Gasteiger partial charge is 0.384 e. The number of nitrogen functional groups attached to an aromatic ring is 1. The van der Waals surface area contributed by atoms with Crippen LogP contribution in [-0.4, -0.2) is 36.2 Å². The van der Waals surface area contributed by atoms with Crippen LogP contribution in [0.4, 0.5) is 5.82 Å². The molecule has 1 atom stereocenters. The molecule has 310 valence electrons. The molecule has 1 aliphatic carbocycles. The number of aryl methyl sites for hydroxylation is 1. The SMILES string of the molecule is C=C(N=CNC(C)N)/C(=C/c1c(N)n(-c2cccc(-n3c4cnccc4c4cc(-c5cccc(-c6nccn6C6=CCC=CC=C6)c5)c(C)cc43)c2)c2ccccc12)CC.CC. The Morgan fingerprint density at radius 3 is 2.48 bits per heavy atom. The van der Waals surface area contributed by atoms with Gasteiger partial charge in [-0.25, -0.2) is 9.98 Å². The van der Waals surface area contributed by atoms with E-state index >= 15 is 0 Å². The molecule has 0 fully saturated rings. The lowest BCUT2D eigenvalue weighted by atomic mass is 9.96. The number of pyridine rings is 1. The quantitative estimate of drug-likeness (QED) is 0.0520. The highest BCUT2D eigenvalue weighted by Crippen LogP contribution is 2.39. The van der Waals surface area contributed by atoms with Gasteiger partial charge in [-0.1, -0.05) is 94.1 Å². The van der Waals surface area contributed by atoms with Crippen LogP contribution in [0.3, 0.4) is 0 Å². The van der Waals surface area contributed by atoms with E-state index in [0.717, 1.165) is 90.7 Å². The molecular weight excluding hydrogens is 763 g/mol. The molecule has 0 saturated carbocycles. The van der Waals surface area contributed by atoms with Gasteiger partial charge in [0.25, 0.3) is 0 Å². The second-order valence-corrected chi connectivity index (χ2v) is 15.1. The monoisotopic (exact) mass is 815 g/mol. The number of aliphatic imine (C=N–C) groups is 1. The number of para-hydroxylation sites is 1. The van der Waals surface area contributed by atoms with Gasteiger partial charge in [-0.3, -0.25) is 9.55 Å². The third-order valence-electron chi connectivity index (χ3n) is 11.2. The van der Waals surface area contributed by atoms with Crippen LogP contribution < -0.4 is 16.8 Å². The second kappa shape index (κ2) is 18.0. The summed E-state index contributed by atoms with van der Waals surface area (Å²) in [6.07, 6.45) is 23.5. The Morgan fingerprint density at radius 1 is 0.871 bits per heavy atom. The van der Waals surface area contributed by atoms with Crippen molar-refractivity contribution in [3.8, 4) is 33.9 Å². The zero-order valence-corrected chi connectivity index (χ0v) is 36.0. The van der Waals surface area contributed by atoms with Gasteiger partial charge in [0.15, 0.2) is 0 Å². The predicted molar refractivity (Wildman–Crippen MR) is 262 cm³/mol. The average Bonchev–Trinajstić information content (AvgIpc) is 3.90. The summed E-state index contributed by atoms with van der Waals surface area (Å²) in [5.41, 5.74) is 26.2. The van der Waals surface area contributed by atoms with Gasteiger partial charge in [0.1, 0.15) is 11.6 Å². The van der Waals surface area contributed by atoms with E-state index in [1.807, 2.05) is 57.7 Å². The minimum absolute atomic E-state index is 0.212. The Hall–Kier alpha value is -7.49. The lowest BCUT2D eigenvalue weighted by Crippen LogP contribution is -2.32. The Kier molecular flexibility index (Phi) is 12.0. The molecule has 4 aromatic carbocycles. The van der Waals surface area contributed by atoms with Crippen LogP contribution >= 0.6 is 0 Å². The fourth-order valence-corrected chi connectivity index (χ4v) is 8.27. The van der Waals surface area contributed by atoms with Crippen LogP contribution in [-0.2, 0) is 0 Å². The molecule has 5 N–H and O–H groups in total. The van der Waals surface area contributed by atoms with Gasteiger partial charge in [0, 0.05) is 62.9 Å². The Bertz CT molecular complexity index is 3100. The summed E-state index contributed by atoms with van der Waals surface area (Å²) in [5, 5.41) is 6.34. The molecule has 0 spiro atoms. The van der Waals surface area contributed by atoms with Crippen molar-refractivity contribution in [1.82, 2.24) is 29.0 Å². The highest BCUT2D eigenvalue weighted by Gasteiger charge is 2.20. The zero-order chi connectivity index (χ0) is 43.3. The van der Waals surface area contributed by atoms with Crippen LogP contribution in [0.25, 0.3) is 78.4 Å². The summed E-state index contributed by atoms with van der Waals surface area (Å²) in [6, 6.07) is 32.3. The number of anilines is 1. The van der Waals surface area contributed by atoms with Crippen LogP contribution in [0.1, 0.15) is 51.7 Å². The summed E-state index contributed by atoms with van der Waals surface area (Å²) in [4.78, 5) is 13.9. The number of allylic oxidation sites excluding steroid dienone is 7. The number of nitrogens with zero attached hydrogens (tertiary/aromatic N) is 6. The fourth-order valence-electron chi connectivity index (χ4n) is 8.27. The van der Waals surface area contributed by atoms with Gasteiger partial charge in [-0.2, -0.15) is 0 Å². The molecule has 8 aromatic rings. The highest BCUT2D eigenvalue weighted by molar-refractivity contribution is 6.10.